The molecule has 1 aliphatic rings. The van der Waals surface area contributed by atoms with E-state index < -0.39 is 0 Å². The Bertz CT molecular complexity index is 378. The van der Waals surface area contributed by atoms with Crippen LogP contribution in [0.15, 0.2) is 6.20 Å². The van der Waals surface area contributed by atoms with E-state index in [1.54, 1.807) is 13.2 Å². The standard InChI is InChI=1S/C8H8IN3O/c1-10-7-6-4(2-12-8(6)13)5(9)3-11-7/h3H,2H2,1H3,(H,10,11)(H,12,13). The molecule has 0 fully saturated rings. The molecule has 0 aliphatic carbocycles. The Hall–Kier alpha value is -0.850. The molecule has 0 saturated heterocycles. The highest BCUT2D eigenvalue weighted by atomic mass is 127. The fraction of sp³-hybridized carbons (Fsp3) is 0.250. The topological polar surface area (TPSA) is 54.0 Å². The van der Waals surface area contributed by atoms with Crippen LogP contribution >= 0.6 is 22.6 Å². The first kappa shape index (κ1) is 8.74. The summed E-state index contributed by atoms with van der Waals surface area (Å²) in [5.74, 6) is 0.621. The Labute approximate surface area is 89.3 Å². The van der Waals surface area contributed by atoms with Gasteiger partial charge in [0, 0.05) is 28.9 Å². The lowest BCUT2D eigenvalue weighted by Crippen LogP contribution is -2.13. The van der Waals surface area contributed by atoms with E-state index in [0.717, 1.165) is 9.13 Å². The average molecular weight is 289 g/mol. The summed E-state index contributed by atoms with van der Waals surface area (Å²) >= 11 is 2.19. The molecule has 1 aromatic heterocycles. The van der Waals surface area contributed by atoms with Gasteiger partial charge in [-0.25, -0.2) is 4.98 Å². The molecular weight excluding hydrogens is 281 g/mol. The molecule has 2 rings (SSSR count). The molecule has 0 saturated carbocycles. The van der Waals surface area contributed by atoms with E-state index in [0.29, 0.717) is 17.9 Å². The minimum absolute atomic E-state index is 0.0367. The first-order valence-electron chi connectivity index (χ1n) is 3.87. The van der Waals surface area contributed by atoms with Crippen molar-refractivity contribution in [3.05, 3.63) is 20.9 Å². The van der Waals surface area contributed by atoms with Gasteiger partial charge >= 0.3 is 0 Å². The fourth-order valence-electron chi connectivity index (χ4n) is 1.39. The molecule has 5 heteroatoms. The molecule has 0 spiro atoms. The van der Waals surface area contributed by atoms with Gasteiger partial charge in [-0.05, 0) is 22.6 Å². The normalized spacial score (nSPS) is 13.8. The number of rotatable bonds is 1. The van der Waals surface area contributed by atoms with Crippen molar-refractivity contribution in [3.8, 4) is 0 Å². The number of nitrogens with one attached hydrogen (secondary N) is 2. The summed E-state index contributed by atoms with van der Waals surface area (Å²) in [5.41, 5.74) is 1.74. The minimum Gasteiger partial charge on any atom is -0.372 e. The molecule has 2 N–H and O–H groups in total. The third-order valence-electron chi connectivity index (χ3n) is 2.02. The highest BCUT2D eigenvalue weighted by Crippen LogP contribution is 2.25. The zero-order chi connectivity index (χ0) is 9.42. The third kappa shape index (κ3) is 1.27. The van der Waals surface area contributed by atoms with Crippen molar-refractivity contribution in [2.24, 2.45) is 0 Å². The molecule has 1 aromatic rings. The third-order valence-corrected chi connectivity index (χ3v) is 2.95. The van der Waals surface area contributed by atoms with E-state index in [1.165, 1.54) is 0 Å². The average Bonchev–Trinajstić information content (AvgIpc) is 2.51. The zero-order valence-electron chi connectivity index (χ0n) is 7.02. The van der Waals surface area contributed by atoms with Crippen LogP contribution in [0.4, 0.5) is 5.82 Å². The molecule has 13 heavy (non-hydrogen) atoms. The molecule has 2 heterocycles. The second-order valence-corrected chi connectivity index (χ2v) is 3.90. The second kappa shape index (κ2) is 3.13. The first-order valence-corrected chi connectivity index (χ1v) is 4.95. The molecule has 0 atom stereocenters. The number of carbonyl (C=O) groups is 1. The van der Waals surface area contributed by atoms with Crippen molar-refractivity contribution in [3.63, 3.8) is 0 Å². The molecule has 1 amide bonds. The van der Waals surface area contributed by atoms with E-state index in [9.17, 15) is 4.79 Å². The summed E-state index contributed by atoms with van der Waals surface area (Å²) in [7, 11) is 1.76. The highest BCUT2D eigenvalue weighted by Gasteiger charge is 2.25. The van der Waals surface area contributed by atoms with Gasteiger partial charge in [0.05, 0.1) is 5.56 Å². The number of aromatic nitrogens is 1. The van der Waals surface area contributed by atoms with Crippen molar-refractivity contribution < 1.29 is 4.79 Å². The SMILES string of the molecule is CNc1ncc(I)c2c1C(=O)NC2. The van der Waals surface area contributed by atoms with Gasteiger partial charge in [0.1, 0.15) is 5.82 Å². The Kier molecular flexibility index (Phi) is 2.10. The van der Waals surface area contributed by atoms with Gasteiger partial charge in [-0.15, -0.1) is 0 Å². The van der Waals surface area contributed by atoms with Crippen molar-refractivity contribution in [1.29, 1.82) is 0 Å². The lowest BCUT2D eigenvalue weighted by molar-refractivity contribution is 0.0966. The van der Waals surface area contributed by atoms with Crippen molar-refractivity contribution in [2.75, 3.05) is 12.4 Å². The van der Waals surface area contributed by atoms with Crippen LogP contribution in [0.2, 0.25) is 0 Å². The maximum Gasteiger partial charge on any atom is 0.255 e. The van der Waals surface area contributed by atoms with Crippen LogP contribution in [0.1, 0.15) is 15.9 Å². The fourth-order valence-corrected chi connectivity index (χ4v) is 1.99. The summed E-state index contributed by atoms with van der Waals surface area (Å²) in [6.45, 7) is 0.615. The van der Waals surface area contributed by atoms with E-state index in [1.807, 2.05) is 0 Å². The first-order chi connectivity index (χ1) is 6.24. The van der Waals surface area contributed by atoms with Crippen LogP contribution in [0.25, 0.3) is 0 Å². The van der Waals surface area contributed by atoms with Gasteiger partial charge in [0.2, 0.25) is 0 Å². The second-order valence-electron chi connectivity index (χ2n) is 2.74. The van der Waals surface area contributed by atoms with Crippen LogP contribution in [0, 0.1) is 3.57 Å². The van der Waals surface area contributed by atoms with E-state index in [-0.39, 0.29) is 5.91 Å². The van der Waals surface area contributed by atoms with Gasteiger partial charge in [-0.3, -0.25) is 4.79 Å². The largest absolute Gasteiger partial charge is 0.372 e. The summed E-state index contributed by atoms with van der Waals surface area (Å²) in [6.07, 6.45) is 1.77. The van der Waals surface area contributed by atoms with Crippen molar-refractivity contribution in [2.45, 2.75) is 6.54 Å². The number of nitrogens with zero attached hydrogens (tertiary/aromatic N) is 1. The molecular formula is C8H8IN3O. The van der Waals surface area contributed by atoms with Crippen molar-refractivity contribution >= 4 is 34.3 Å². The number of anilines is 1. The number of amides is 1. The molecule has 0 aromatic carbocycles. The molecule has 0 unspecified atom stereocenters. The Morgan fingerprint density at radius 1 is 1.69 bits per heavy atom. The van der Waals surface area contributed by atoms with Crippen LogP contribution in [0.5, 0.6) is 0 Å². The Morgan fingerprint density at radius 3 is 3.15 bits per heavy atom. The lowest BCUT2D eigenvalue weighted by Gasteiger charge is -2.04. The summed E-state index contributed by atoms with van der Waals surface area (Å²) < 4.78 is 1.03. The van der Waals surface area contributed by atoms with Gasteiger partial charge in [0.15, 0.2) is 0 Å². The molecule has 68 valence electrons. The van der Waals surface area contributed by atoms with Crippen LogP contribution in [-0.2, 0) is 6.54 Å². The number of hydrogen-bond acceptors (Lipinski definition) is 3. The lowest BCUT2D eigenvalue weighted by atomic mass is 10.1. The molecule has 0 radical (unpaired) electrons. The number of carbonyl (C=O) groups excluding carboxylic acids is 1. The van der Waals surface area contributed by atoms with Crippen LogP contribution < -0.4 is 10.6 Å². The highest BCUT2D eigenvalue weighted by molar-refractivity contribution is 14.1. The zero-order valence-corrected chi connectivity index (χ0v) is 9.18. The summed E-state index contributed by atoms with van der Waals surface area (Å²) in [6, 6.07) is 0. The van der Waals surface area contributed by atoms with E-state index in [4.69, 9.17) is 0 Å². The molecule has 1 aliphatic heterocycles. The number of pyridine rings is 1. The van der Waals surface area contributed by atoms with E-state index >= 15 is 0 Å². The smallest absolute Gasteiger partial charge is 0.255 e. The van der Waals surface area contributed by atoms with Gasteiger partial charge in [0.25, 0.3) is 5.91 Å². The predicted octanol–water partition coefficient (Wildman–Crippen LogP) is 0.971. The Morgan fingerprint density at radius 2 is 2.46 bits per heavy atom. The number of hydrogen-bond donors (Lipinski definition) is 2. The number of halogens is 1. The Balaban J connectivity index is 2.66. The maximum absolute atomic E-state index is 11.4. The minimum atomic E-state index is -0.0367. The quantitative estimate of drug-likeness (QED) is 0.758. The predicted molar refractivity (Wildman–Crippen MR) is 57.7 cm³/mol. The van der Waals surface area contributed by atoms with Gasteiger partial charge in [-0.1, -0.05) is 0 Å². The summed E-state index contributed by atoms with van der Waals surface area (Å²) in [5, 5.41) is 5.69. The molecule has 0 bridgehead atoms. The number of fused-ring (bicyclic) bond motifs is 1. The summed E-state index contributed by atoms with van der Waals surface area (Å²) in [4.78, 5) is 15.5. The molecule has 4 nitrogen and oxygen atoms in total. The van der Waals surface area contributed by atoms with Gasteiger partial charge in [-0.2, -0.15) is 0 Å². The van der Waals surface area contributed by atoms with E-state index in [2.05, 4.69) is 38.2 Å². The van der Waals surface area contributed by atoms with Gasteiger partial charge < -0.3 is 10.6 Å². The maximum atomic E-state index is 11.4. The van der Waals surface area contributed by atoms with Crippen LogP contribution in [-0.4, -0.2) is 17.9 Å². The van der Waals surface area contributed by atoms with Crippen molar-refractivity contribution in [1.82, 2.24) is 10.3 Å². The monoisotopic (exact) mass is 289 g/mol. The van der Waals surface area contributed by atoms with Crippen LogP contribution in [0.3, 0.4) is 0 Å².